The topological polar surface area (TPSA) is 78.9 Å². The average Bonchev–Trinajstić information content (AvgIpc) is 2.71. The fourth-order valence-electron chi connectivity index (χ4n) is 3.37. The summed E-state index contributed by atoms with van der Waals surface area (Å²) in [5.74, 6) is -0.652. The van der Waals surface area contributed by atoms with Gasteiger partial charge in [0.1, 0.15) is 5.75 Å². The maximum atomic E-state index is 12.7. The van der Waals surface area contributed by atoms with Crippen molar-refractivity contribution in [3.05, 3.63) is 65.2 Å². The lowest BCUT2D eigenvalue weighted by molar-refractivity contribution is -0.141. The van der Waals surface area contributed by atoms with Crippen molar-refractivity contribution in [2.75, 3.05) is 20.2 Å². The molecule has 2 atom stereocenters. The molecule has 0 radical (unpaired) electrons. The van der Waals surface area contributed by atoms with Crippen LogP contribution in [-0.4, -0.2) is 42.2 Å². The highest BCUT2D eigenvalue weighted by Gasteiger charge is 2.23. The summed E-state index contributed by atoms with van der Waals surface area (Å²) >= 11 is 0. The van der Waals surface area contributed by atoms with Gasteiger partial charge < -0.3 is 20.1 Å². The number of nitrogens with zero attached hydrogens (tertiary/aromatic N) is 1. The summed E-state index contributed by atoms with van der Waals surface area (Å²) in [6, 6.07) is 15.1. The molecule has 0 saturated carbocycles. The highest BCUT2D eigenvalue weighted by Crippen LogP contribution is 2.30. The van der Waals surface area contributed by atoms with Crippen molar-refractivity contribution in [2.45, 2.75) is 25.8 Å². The van der Waals surface area contributed by atoms with Gasteiger partial charge in [0.05, 0.1) is 18.6 Å². The van der Waals surface area contributed by atoms with E-state index in [1.807, 2.05) is 42.5 Å². The maximum absolute atomic E-state index is 12.7. The van der Waals surface area contributed by atoms with Crippen LogP contribution in [0.5, 0.6) is 5.75 Å². The second kappa shape index (κ2) is 8.78. The summed E-state index contributed by atoms with van der Waals surface area (Å²) in [7, 11) is 1.61. The average molecular weight is 382 g/mol. The number of nitrogens with one attached hydrogen (secondary N) is 1. The van der Waals surface area contributed by atoms with Gasteiger partial charge in [0, 0.05) is 13.6 Å². The summed E-state index contributed by atoms with van der Waals surface area (Å²) in [6.45, 7) is 2.46. The van der Waals surface area contributed by atoms with Crippen LogP contribution in [0.1, 0.15) is 36.1 Å². The van der Waals surface area contributed by atoms with Crippen LogP contribution in [0.25, 0.3) is 0 Å². The molecule has 0 fully saturated rings. The van der Waals surface area contributed by atoms with Crippen LogP contribution in [-0.2, 0) is 11.2 Å². The number of aliphatic carboxylic acids is 1. The Morgan fingerprint density at radius 3 is 2.64 bits per heavy atom. The van der Waals surface area contributed by atoms with E-state index < -0.39 is 11.9 Å². The Morgan fingerprint density at radius 1 is 1.18 bits per heavy atom. The third-order valence-corrected chi connectivity index (χ3v) is 4.98. The van der Waals surface area contributed by atoms with Gasteiger partial charge in [-0.05, 0) is 41.7 Å². The number of carboxylic acid groups (broad SMARTS) is 1. The van der Waals surface area contributed by atoms with E-state index in [2.05, 4.69) is 11.4 Å². The highest BCUT2D eigenvalue weighted by atomic mass is 16.5. The van der Waals surface area contributed by atoms with E-state index in [4.69, 9.17) is 9.84 Å². The van der Waals surface area contributed by atoms with E-state index in [0.717, 1.165) is 41.9 Å². The van der Waals surface area contributed by atoms with Gasteiger partial charge >= 0.3 is 12.0 Å². The van der Waals surface area contributed by atoms with Gasteiger partial charge in [-0.15, -0.1) is 0 Å². The summed E-state index contributed by atoms with van der Waals surface area (Å²) in [6.07, 6.45) is 1.93. The van der Waals surface area contributed by atoms with Crippen molar-refractivity contribution < 1.29 is 19.4 Å². The molecular formula is C22H26N2O4. The molecule has 6 heteroatoms. The quantitative estimate of drug-likeness (QED) is 0.802. The summed E-state index contributed by atoms with van der Waals surface area (Å²) in [5, 5.41) is 12.1. The number of hydrogen-bond donors (Lipinski definition) is 2. The van der Waals surface area contributed by atoms with Gasteiger partial charge in [0.2, 0.25) is 0 Å². The van der Waals surface area contributed by atoms with Crippen LogP contribution >= 0.6 is 0 Å². The number of fused-ring (bicyclic) bond motifs is 1. The standard InChI is InChI=1S/C22H26N2O4/c1-15(21(25)26)14-24(2)22(27)23-20(16-7-4-3-5-8-16)18-10-11-19-17(13-18)9-6-12-28-19/h3-5,7-8,10-11,13,15,20H,6,9,12,14H2,1-2H3,(H,23,27)(H,25,26). The zero-order valence-electron chi connectivity index (χ0n) is 16.2. The van der Waals surface area contributed by atoms with Crippen molar-refractivity contribution in [3.8, 4) is 5.75 Å². The normalized spacial score (nSPS) is 14.9. The number of rotatable bonds is 6. The number of benzene rings is 2. The number of amides is 2. The molecule has 2 aromatic carbocycles. The van der Waals surface area contributed by atoms with Crippen LogP contribution < -0.4 is 10.1 Å². The minimum absolute atomic E-state index is 0.140. The van der Waals surface area contributed by atoms with Gasteiger partial charge in [-0.1, -0.05) is 43.3 Å². The molecule has 1 aliphatic rings. The van der Waals surface area contributed by atoms with Crippen LogP contribution in [0.2, 0.25) is 0 Å². The summed E-state index contributed by atoms with van der Waals surface area (Å²) < 4.78 is 5.70. The first-order valence-corrected chi connectivity index (χ1v) is 9.50. The number of hydrogen-bond acceptors (Lipinski definition) is 3. The van der Waals surface area contributed by atoms with Crippen molar-refractivity contribution >= 4 is 12.0 Å². The van der Waals surface area contributed by atoms with Crippen molar-refractivity contribution in [2.24, 2.45) is 5.92 Å². The molecule has 0 saturated heterocycles. The lowest BCUT2D eigenvalue weighted by Crippen LogP contribution is -2.42. The van der Waals surface area contributed by atoms with Crippen LogP contribution in [0.15, 0.2) is 48.5 Å². The molecule has 0 aliphatic carbocycles. The molecule has 1 heterocycles. The lowest BCUT2D eigenvalue weighted by Gasteiger charge is -2.26. The first-order chi connectivity index (χ1) is 13.5. The first-order valence-electron chi connectivity index (χ1n) is 9.50. The molecule has 2 aromatic rings. The number of ether oxygens (including phenoxy) is 1. The van der Waals surface area contributed by atoms with Gasteiger partial charge in [0.25, 0.3) is 0 Å². The highest BCUT2D eigenvalue weighted by molar-refractivity contribution is 5.76. The molecule has 0 bridgehead atoms. The first kappa shape index (κ1) is 19.7. The molecule has 148 valence electrons. The van der Waals surface area contributed by atoms with E-state index in [1.165, 1.54) is 4.90 Å². The zero-order valence-corrected chi connectivity index (χ0v) is 16.2. The zero-order chi connectivity index (χ0) is 20.1. The van der Waals surface area contributed by atoms with Crippen LogP contribution in [0, 0.1) is 5.92 Å². The van der Waals surface area contributed by atoms with Gasteiger partial charge in [-0.25, -0.2) is 4.79 Å². The fourth-order valence-corrected chi connectivity index (χ4v) is 3.37. The molecule has 1 aliphatic heterocycles. The Morgan fingerprint density at radius 2 is 1.93 bits per heavy atom. The predicted octanol–water partition coefficient (Wildman–Crippen LogP) is 3.46. The predicted molar refractivity (Wildman–Crippen MR) is 107 cm³/mol. The molecule has 3 rings (SSSR count). The molecule has 28 heavy (non-hydrogen) atoms. The van der Waals surface area contributed by atoms with Crippen molar-refractivity contribution in [1.82, 2.24) is 10.2 Å². The van der Waals surface area contributed by atoms with E-state index in [1.54, 1.807) is 14.0 Å². The molecule has 6 nitrogen and oxygen atoms in total. The minimum Gasteiger partial charge on any atom is -0.493 e. The Hall–Kier alpha value is -3.02. The van der Waals surface area contributed by atoms with E-state index in [9.17, 15) is 9.59 Å². The van der Waals surface area contributed by atoms with Crippen molar-refractivity contribution in [1.29, 1.82) is 0 Å². The molecule has 2 amide bonds. The summed E-state index contributed by atoms with van der Waals surface area (Å²) in [5.41, 5.74) is 3.09. The maximum Gasteiger partial charge on any atom is 0.317 e. The van der Waals surface area contributed by atoms with Crippen molar-refractivity contribution in [3.63, 3.8) is 0 Å². The minimum atomic E-state index is -0.922. The molecule has 2 unspecified atom stereocenters. The fraction of sp³-hybridized carbons (Fsp3) is 0.364. The van der Waals surface area contributed by atoms with Crippen LogP contribution in [0.3, 0.4) is 0 Å². The number of carboxylic acids is 1. The second-order valence-electron chi connectivity index (χ2n) is 7.23. The molecule has 2 N–H and O–H groups in total. The monoisotopic (exact) mass is 382 g/mol. The molecule has 0 spiro atoms. The Bertz CT molecular complexity index is 838. The Labute approximate surface area is 165 Å². The SMILES string of the molecule is CC(CN(C)C(=O)NC(c1ccccc1)c1ccc2c(c1)CCCO2)C(=O)O. The van der Waals surface area contributed by atoms with Gasteiger partial charge in [-0.2, -0.15) is 0 Å². The largest absolute Gasteiger partial charge is 0.493 e. The van der Waals surface area contributed by atoms with Gasteiger partial charge in [-0.3, -0.25) is 4.79 Å². The molecular weight excluding hydrogens is 356 g/mol. The third kappa shape index (κ3) is 4.63. The smallest absolute Gasteiger partial charge is 0.317 e. The van der Waals surface area contributed by atoms with E-state index in [0.29, 0.717) is 0 Å². The van der Waals surface area contributed by atoms with Crippen LogP contribution in [0.4, 0.5) is 4.79 Å². The number of carbonyl (C=O) groups excluding carboxylic acids is 1. The number of carbonyl (C=O) groups is 2. The Balaban J connectivity index is 1.84. The number of urea groups is 1. The third-order valence-electron chi connectivity index (χ3n) is 4.98. The van der Waals surface area contributed by atoms with Gasteiger partial charge in [0.15, 0.2) is 0 Å². The van der Waals surface area contributed by atoms with E-state index >= 15 is 0 Å². The second-order valence-corrected chi connectivity index (χ2v) is 7.23. The Kier molecular flexibility index (Phi) is 6.19. The molecule has 0 aromatic heterocycles. The number of aryl methyl sites for hydroxylation is 1. The summed E-state index contributed by atoms with van der Waals surface area (Å²) in [4.78, 5) is 25.2. The lowest BCUT2D eigenvalue weighted by atomic mass is 9.95. The van der Waals surface area contributed by atoms with E-state index in [-0.39, 0.29) is 18.6 Å².